The van der Waals surface area contributed by atoms with Crippen LogP contribution in [-0.2, 0) is 0 Å². The molecule has 7 heteroatoms. The van der Waals surface area contributed by atoms with Gasteiger partial charge in [-0.25, -0.2) is 13.2 Å². The number of hydrogen-bond acceptors (Lipinski definition) is 3. The lowest BCUT2D eigenvalue weighted by atomic mass is 10.0. The van der Waals surface area contributed by atoms with Gasteiger partial charge in [0.2, 0.25) is 5.78 Å². The molecule has 3 nitrogen and oxygen atoms in total. The van der Waals surface area contributed by atoms with E-state index in [1.165, 1.54) is 0 Å². The molecule has 0 radical (unpaired) electrons. The number of aromatic hydroxyl groups is 2. The average Bonchev–Trinajstić information content (AvgIpc) is 2.23. The van der Waals surface area contributed by atoms with Gasteiger partial charge in [0, 0.05) is 5.56 Å². The second kappa shape index (κ2) is 4.21. The zero-order valence-corrected chi connectivity index (χ0v) is 8.65. The van der Waals surface area contributed by atoms with Gasteiger partial charge in [-0.2, -0.15) is 0 Å². The zero-order chi connectivity index (χ0) is 12.6. The molecule has 0 atom stereocenters. The first-order valence-corrected chi connectivity index (χ1v) is 4.38. The first-order chi connectivity index (χ1) is 7.29. The van der Waals surface area contributed by atoms with Gasteiger partial charge in [0.05, 0.1) is 0 Å². The molecule has 0 heterocycles. The average molecular weight is 255 g/mol. The fourth-order valence-corrected chi connectivity index (χ4v) is 1.35. The number of phenols is 2. The normalized spacial score (nSPS) is 10.9. The Morgan fingerprint density at radius 2 is 1.81 bits per heavy atom. The molecule has 1 aromatic carbocycles. The lowest BCUT2D eigenvalue weighted by Crippen LogP contribution is -2.13. The molecular weight excluding hydrogens is 249 g/mol. The number of Topliss-reactive ketones (excluding diaryl/α,β-unsaturated/α-hetero) is 1. The number of halogens is 4. The third-order valence-corrected chi connectivity index (χ3v) is 2.36. The topological polar surface area (TPSA) is 57.5 Å². The summed E-state index contributed by atoms with van der Waals surface area (Å²) >= 11 is 5.28. The van der Waals surface area contributed by atoms with Crippen molar-refractivity contribution in [3.63, 3.8) is 0 Å². The van der Waals surface area contributed by atoms with Crippen molar-refractivity contribution in [1.29, 1.82) is 0 Å². The van der Waals surface area contributed by atoms with Gasteiger partial charge in [-0.1, -0.05) is 11.6 Å². The van der Waals surface area contributed by atoms with Crippen LogP contribution in [-0.4, -0.2) is 22.4 Å². The largest absolute Gasteiger partial charge is 0.507 e. The summed E-state index contributed by atoms with van der Waals surface area (Å²) in [5.74, 6) is -5.28. The van der Waals surface area contributed by atoms with Gasteiger partial charge in [-0.05, 0) is 6.92 Å². The summed E-state index contributed by atoms with van der Waals surface area (Å²) < 4.78 is 37.5. The standard InChI is InChI=1S/C9H6ClF3O3/c1-2-6(14)3(8(16)9(12)13)5(11)4(10)7(2)15/h9,14-15H,1H3. The number of hydrogen-bond donors (Lipinski definition) is 2. The molecule has 0 saturated heterocycles. The molecule has 16 heavy (non-hydrogen) atoms. The molecule has 0 aliphatic carbocycles. The van der Waals surface area contributed by atoms with E-state index in [1.54, 1.807) is 0 Å². The quantitative estimate of drug-likeness (QED) is 0.798. The highest BCUT2D eigenvalue weighted by molar-refractivity contribution is 6.33. The Balaban J connectivity index is 3.58. The molecule has 0 aromatic heterocycles. The number of carbonyl (C=O) groups excluding carboxylic acids is 1. The minimum atomic E-state index is -3.47. The van der Waals surface area contributed by atoms with Crippen molar-refractivity contribution >= 4 is 17.4 Å². The van der Waals surface area contributed by atoms with E-state index >= 15 is 0 Å². The van der Waals surface area contributed by atoms with Crippen molar-refractivity contribution in [3.8, 4) is 11.5 Å². The van der Waals surface area contributed by atoms with Gasteiger partial charge in [-0.15, -0.1) is 0 Å². The Morgan fingerprint density at radius 1 is 1.31 bits per heavy atom. The van der Waals surface area contributed by atoms with Crippen molar-refractivity contribution in [2.24, 2.45) is 0 Å². The predicted molar refractivity (Wildman–Crippen MR) is 49.8 cm³/mol. The van der Waals surface area contributed by atoms with Crippen molar-refractivity contribution < 1.29 is 28.2 Å². The van der Waals surface area contributed by atoms with Gasteiger partial charge in [0.1, 0.15) is 22.1 Å². The van der Waals surface area contributed by atoms with Crippen molar-refractivity contribution in [2.75, 3.05) is 0 Å². The predicted octanol–water partition coefficient (Wildman–Crippen LogP) is 2.65. The van der Waals surface area contributed by atoms with E-state index in [0.29, 0.717) is 0 Å². The fourth-order valence-electron chi connectivity index (χ4n) is 1.12. The molecule has 0 aliphatic heterocycles. The summed E-state index contributed by atoms with van der Waals surface area (Å²) in [4.78, 5) is 10.9. The number of carbonyl (C=O) groups is 1. The van der Waals surface area contributed by atoms with Crippen molar-refractivity contribution in [1.82, 2.24) is 0 Å². The minimum Gasteiger partial charge on any atom is -0.507 e. The Morgan fingerprint density at radius 3 is 2.25 bits per heavy atom. The van der Waals surface area contributed by atoms with E-state index in [9.17, 15) is 28.2 Å². The molecular formula is C9H6ClF3O3. The Bertz CT molecular complexity index is 431. The number of phenolic OH excluding ortho intramolecular Hbond substituents is 2. The molecule has 88 valence electrons. The Hall–Kier alpha value is -1.43. The molecule has 1 rings (SSSR count). The molecule has 0 unspecified atom stereocenters. The fraction of sp³-hybridized carbons (Fsp3) is 0.222. The van der Waals surface area contributed by atoms with Crippen LogP contribution in [0.2, 0.25) is 5.02 Å². The maximum absolute atomic E-state index is 13.3. The molecule has 0 fully saturated rings. The number of rotatable bonds is 2. The van der Waals surface area contributed by atoms with E-state index in [2.05, 4.69) is 0 Å². The first kappa shape index (κ1) is 12.6. The van der Waals surface area contributed by atoms with E-state index in [4.69, 9.17) is 11.6 Å². The van der Waals surface area contributed by atoms with Gasteiger partial charge in [-0.3, -0.25) is 4.79 Å². The summed E-state index contributed by atoms with van der Waals surface area (Å²) in [6.07, 6.45) is -3.47. The van der Waals surface area contributed by atoms with Crippen LogP contribution in [0.15, 0.2) is 0 Å². The van der Waals surface area contributed by atoms with Crippen LogP contribution in [0, 0.1) is 12.7 Å². The van der Waals surface area contributed by atoms with E-state index in [0.717, 1.165) is 6.92 Å². The summed E-state index contributed by atoms with van der Waals surface area (Å²) in [6.45, 7) is 1.11. The Labute approximate surface area is 93.1 Å². The van der Waals surface area contributed by atoms with Gasteiger partial charge < -0.3 is 10.2 Å². The second-order valence-electron chi connectivity index (χ2n) is 2.99. The maximum Gasteiger partial charge on any atom is 0.300 e. The maximum atomic E-state index is 13.3. The highest BCUT2D eigenvalue weighted by Gasteiger charge is 2.30. The van der Waals surface area contributed by atoms with E-state index < -0.39 is 40.1 Å². The van der Waals surface area contributed by atoms with E-state index in [1.807, 2.05) is 0 Å². The molecule has 0 saturated carbocycles. The van der Waals surface area contributed by atoms with E-state index in [-0.39, 0.29) is 5.56 Å². The van der Waals surface area contributed by atoms with Gasteiger partial charge in [0.15, 0.2) is 5.82 Å². The smallest absolute Gasteiger partial charge is 0.300 e. The first-order valence-electron chi connectivity index (χ1n) is 4.00. The lowest BCUT2D eigenvalue weighted by Gasteiger charge is -2.11. The van der Waals surface area contributed by atoms with Crippen LogP contribution >= 0.6 is 11.6 Å². The summed E-state index contributed by atoms with van der Waals surface area (Å²) in [6, 6.07) is 0. The molecule has 0 bridgehead atoms. The minimum absolute atomic E-state index is 0.338. The van der Waals surface area contributed by atoms with Crippen LogP contribution in [0.25, 0.3) is 0 Å². The number of ketones is 1. The van der Waals surface area contributed by atoms with Crippen molar-refractivity contribution in [3.05, 3.63) is 22.0 Å². The molecule has 2 N–H and O–H groups in total. The highest BCUT2D eigenvalue weighted by Crippen LogP contribution is 2.39. The third-order valence-electron chi connectivity index (χ3n) is 2.01. The van der Waals surface area contributed by atoms with Crippen LogP contribution < -0.4 is 0 Å². The highest BCUT2D eigenvalue weighted by atomic mass is 35.5. The van der Waals surface area contributed by atoms with Crippen LogP contribution in [0.3, 0.4) is 0 Å². The lowest BCUT2D eigenvalue weighted by molar-refractivity contribution is 0.0670. The zero-order valence-electron chi connectivity index (χ0n) is 7.89. The van der Waals surface area contributed by atoms with Crippen LogP contribution in [0.5, 0.6) is 11.5 Å². The van der Waals surface area contributed by atoms with Crippen molar-refractivity contribution in [2.45, 2.75) is 13.3 Å². The summed E-state index contributed by atoms with van der Waals surface area (Å²) in [7, 11) is 0. The molecule has 0 amide bonds. The molecule has 0 spiro atoms. The summed E-state index contributed by atoms with van der Waals surface area (Å²) in [5, 5.41) is 17.6. The number of benzene rings is 1. The monoisotopic (exact) mass is 254 g/mol. The SMILES string of the molecule is Cc1c(O)c(Cl)c(F)c(C(=O)C(F)F)c1O. The third kappa shape index (κ3) is 1.80. The summed E-state index contributed by atoms with van der Waals surface area (Å²) in [5.41, 5.74) is -1.55. The molecule has 0 aliphatic rings. The Kier molecular flexibility index (Phi) is 3.32. The van der Waals surface area contributed by atoms with Gasteiger partial charge >= 0.3 is 6.43 Å². The van der Waals surface area contributed by atoms with Crippen LogP contribution in [0.4, 0.5) is 13.2 Å². The van der Waals surface area contributed by atoms with Gasteiger partial charge in [0.25, 0.3) is 0 Å². The van der Waals surface area contributed by atoms with Crippen LogP contribution in [0.1, 0.15) is 15.9 Å². The molecule has 1 aromatic rings. The number of alkyl halides is 2. The second-order valence-corrected chi connectivity index (χ2v) is 3.37.